The van der Waals surface area contributed by atoms with E-state index < -0.39 is 0 Å². The van der Waals surface area contributed by atoms with Gasteiger partial charge < -0.3 is 0 Å². The fourth-order valence-corrected chi connectivity index (χ4v) is 3.60. The van der Waals surface area contributed by atoms with E-state index in [0.717, 1.165) is 22.6 Å². The largest absolute Gasteiger partial charge is 0.127 e. The maximum absolute atomic E-state index is 6.63. The number of allylic oxidation sites excluding steroid dienone is 1. The van der Waals surface area contributed by atoms with E-state index in [1.807, 2.05) is 11.8 Å². The molecule has 21 heavy (non-hydrogen) atoms. The molecule has 0 saturated carbocycles. The molecular weight excluding hydrogens is 296 g/mol. The lowest BCUT2D eigenvalue weighted by molar-refractivity contribution is 1.10. The Morgan fingerprint density at radius 3 is 2.67 bits per heavy atom. The summed E-state index contributed by atoms with van der Waals surface area (Å²) in [6.07, 6.45) is 7.71. The first-order valence-electron chi connectivity index (χ1n) is 7.09. The lowest BCUT2D eigenvalue weighted by atomic mass is 9.98. The van der Waals surface area contributed by atoms with Gasteiger partial charge in [-0.3, -0.25) is 0 Å². The van der Waals surface area contributed by atoms with Crippen LogP contribution < -0.4 is 0 Å². The molecule has 2 heteroatoms. The fourth-order valence-electron chi connectivity index (χ4n) is 2.50. The van der Waals surface area contributed by atoms with Gasteiger partial charge in [0.2, 0.25) is 0 Å². The average molecular weight is 313 g/mol. The quantitative estimate of drug-likeness (QED) is 0.636. The van der Waals surface area contributed by atoms with Gasteiger partial charge in [0, 0.05) is 10.8 Å². The monoisotopic (exact) mass is 312 g/mol. The number of aryl methyl sites for hydroxylation is 1. The van der Waals surface area contributed by atoms with Crippen molar-refractivity contribution in [3.8, 4) is 11.1 Å². The molecule has 0 aliphatic carbocycles. The Balaban J connectivity index is 1.94. The summed E-state index contributed by atoms with van der Waals surface area (Å²) in [4.78, 5) is 0. The number of rotatable bonds is 3. The highest BCUT2D eigenvalue weighted by molar-refractivity contribution is 8.03. The molecular formula is C19H17ClS. The van der Waals surface area contributed by atoms with E-state index in [-0.39, 0.29) is 0 Å². The van der Waals surface area contributed by atoms with E-state index in [1.165, 1.54) is 11.1 Å². The van der Waals surface area contributed by atoms with Crippen molar-refractivity contribution in [2.75, 3.05) is 0 Å². The molecule has 0 nitrogen and oxygen atoms in total. The molecule has 1 aliphatic heterocycles. The number of halogens is 1. The van der Waals surface area contributed by atoms with Crippen LogP contribution in [0, 0.1) is 6.92 Å². The summed E-state index contributed by atoms with van der Waals surface area (Å²) in [7, 11) is 0. The lowest BCUT2D eigenvalue weighted by Crippen LogP contribution is -1.90. The van der Waals surface area contributed by atoms with Crippen molar-refractivity contribution in [3.63, 3.8) is 0 Å². The van der Waals surface area contributed by atoms with E-state index in [4.69, 9.17) is 11.6 Å². The van der Waals surface area contributed by atoms with Crippen LogP contribution in [0.4, 0.5) is 0 Å². The fraction of sp³-hybridized carbons (Fsp3) is 0.158. The lowest BCUT2D eigenvalue weighted by Gasteiger charge is -2.10. The second-order valence-electron chi connectivity index (χ2n) is 5.16. The Labute approximate surface area is 135 Å². The third-order valence-electron chi connectivity index (χ3n) is 3.67. The molecule has 1 aliphatic rings. The summed E-state index contributed by atoms with van der Waals surface area (Å²) in [5.74, 6) is 0. The molecule has 0 saturated heterocycles. The Morgan fingerprint density at radius 2 is 1.90 bits per heavy atom. The molecule has 0 aromatic heterocycles. The number of hydrogen-bond donors (Lipinski definition) is 0. The molecule has 2 aromatic rings. The summed E-state index contributed by atoms with van der Waals surface area (Å²) in [6.45, 7) is 2.12. The molecule has 0 bridgehead atoms. The zero-order valence-electron chi connectivity index (χ0n) is 11.9. The minimum absolute atomic E-state index is 0.545. The first kappa shape index (κ1) is 14.5. The van der Waals surface area contributed by atoms with Crippen molar-refractivity contribution in [3.05, 3.63) is 76.2 Å². The summed E-state index contributed by atoms with van der Waals surface area (Å²) >= 11 is 8.49. The van der Waals surface area contributed by atoms with E-state index in [2.05, 4.69) is 73.0 Å². The first-order chi connectivity index (χ1) is 10.3. The van der Waals surface area contributed by atoms with E-state index >= 15 is 0 Å². The van der Waals surface area contributed by atoms with Crippen molar-refractivity contribution in [2.45, 2.75) is 18.6 Å². The second kappa shape index (κ2) is 6.55. The Bertz CT molecular complexity index is 692. The van der Waals surface area contributed by atoms with Gasteiger partial charge in [0.1, 0.15) is 0 Å². The van der Waals surface area contributed by atoms with Crippen LogP contribution in [0.2, 0.25) is 5.02 Å². The van der Waals surface area contributed by atoms with Crippen molar-refractivity contribution in [2.24, 2.45) is 0 Å². The minimum Gasteiger partial charge on any atom is -0.127 e. The van der Waals surface area contributed by atoms with Crippen molar-refractivity contribution in [1.82, 2.24) is 0 Å². The van der Waals surface area contributed by atoms with E-state index in [0.29, 0.717) is 5.25 Å². The highest BCUT2D eigenvalue weighted by Crippen LogP contribution is 2.34. The van der Waals surface area contributed by atoms with Gasteiger partial charge >= 0.3 is 0 Å². The van der Waals surface area contributed by atoms with Crippen LogP contribution in [0.1, 0.15) is 17.5 Å². The van der Waals surface area contributed by atoms with Gasteiger partial charge in [0.05, 0.1) is 5.02 Å². The molecule has 0 amide bonds. The van der Waals surface area contributed by atoms with Crippen LogP contribution in [0.25, 0.3) is 17.2 Å². The topological polar surface area (TPSA) is 0 Å². The van der Waals surface area contributed by atoms with Crippen LogP contribution in [-0.2, 0) is 0 Å². The molecule has 1 unspecified atom stereocenters. The van der Waals surface area contributed by atoms with Gasteiger partial charge in [0.15, 0.2) is 0 Å². The number of benzene rings is 2. The summed E-state index contributed by atoms with van der Waals surface area (Å²) in [5.41, 5.74) is 4.64. The first-order valence-corrected chi connectivity index (χ1v) is 8.41. The van der Waals surface area contributed by atoms with Crippen LogP contribution in [0.3, 0.4) is 0 Å². The number of hydrogen-bond acceptors (Lipinski definition) is 1. The summed E-state index contributed by atoms with van der Waals surface area (Å²) < 4.78 is 0. The smallest absolute Gasteiger partial charge is 0.0556 e. The summed E-state index contributed by atoms with van der Waals surface area (Å²) in [6, 6.07) is 14.6. The highest BCUT2D eigenvalue weighted by Gasteiger charge is 2.10. The number of thioether (sulfide) groups is 1. The second-order valence-corrected chi connectivity index (χ2v) is 6.69. The standard InChI is InChI=1S/C19H17ClS/c1-14-6-2-3-9-17(14)18-10-4-7-15(19(18)20)11-12-16-8-5-13-21-16/h2-7,9-13,16H,8H2,1H3. The van der Waals surface area contributed by atoms with Gasteiger partial charge in [-0.2, -0.15) is 0 Å². The van der Waals surface area contributed by atoms with Gasteiger partial charge in [-0.15, -0.1) is 11.8 Å². The van der Waals surface area contributed by atoms with Crippen molar-refractivity contribution >= 4 is 29.4 Å². The van der Waals surface area contributed by atoms with Crippen molar-refractivity contribution in [1.29, 1.82) is 0 Å². The normalized spacial score (nSPS) is 17.7. The predicted molar refractivity (Wildman–Crippen MR) is 95.8 cm³/mol. The molecule has 0 spiro atoms. The maximum Gasteiger partial charge on any atom is 0.0556 e. The molecule has 0 N–H and O–H groups in total. The molecule has 1 heterocycles. The Morgan fingerprint density at radius 1 is 1.10 bits per heavy atom. The Kier molecular flexibility index (Phi) is 4.52. The van der Waals surface area contributed by atoms with Crippen LogP contribution in [-0.4, -0.2) is 5.25 Å². The van der Waals surface area contributed by atoms with Gasteiger partial charge in [-0.1, -0.05) is 72.3 Å². The van der Waals surface area contributed by atoms with Crippen LogP contribution >= 0.6 is 23.4 Å². The van der Waals surface area contributed by atoms with Gasteiger partial charge in [-0.05, 0) is 35.4 Å². The highest BCUT2D eigenvalue weighted by atomic mass is 35.5. The van der Waals surface area contributed by atoms with Crippen LogP contribution in [0.15, 0.2) is 60.0 Å². The molecule has 0 radical (unpaired) electrons. The SMILES string of the molecule is Cc1ccccc1-c1cccc(C=CC2CC=CS2)c1Cl. The van der Waals surface area contributed by atoms with Gasteiger partial charge in [0.25, 0.3) is 0 Å². The zero-order chi connectivity index (χ0) is 14.7. The zero-order valence-corrected chi connectivity index (χ0v) is 13.5. The predicted octanol–water partition coefficient (Wildman–Crippen LogP) is 6.35. The Hall–Kier alpha value is -1.44. The van der Waals surface area contributed by atoms with Gasteiger partial charge in [-0.25, -0.2) is 0 Å². The van der Waals surface area contributed by atoms with Crippen molar-refractivity contribution < 1.29 is 0 Å². The molecule has 106 valence electrons. The summed E-state index contributed by atoms with van der Waals surface area (Å²) in [5, 5.41) is 3.54. The molecule has 2 aromatic carbocycles. The minimum atomic E-state index is 0.545. The van der Waals surface area contributed by atoms with E-state index in [9.17, 15) is 0 Å². The van der Waals surface area contributed by atoms with Crippen LogP contribution in [0.5, 0.6) is 0 Å². The molecule has 3 rings (SSSR count). The molecule has 1 atom stereocenters. The van der Waals surface area contributed by atoms with E-state index in [1.54, 1.807) is 0 Å². The maximum atomic E-state index is 6.63. The third kappa shape index (κ3) is 3.25. The third-order valence-corrected chi connectivity index (χ3v) is 5.14. The average Bonchev–Trinajstić information content (AvgIpc) is 3.00. The molecule has 0 fully saturated rings.